The zero-order valence-electron chi connectivity index (χ0n) is 23.6. The number of carbonyl (C=O) groups is 1. The minimum atomic E-state index is -0.917. The summed E-state index contributed by atoms with van der Waals surface area (Å²) in [6.07, 6.45) is 2.06. The monoisotopic (exact) mass is 559 g/mol. The standard InChI is InChI=1S/C32H37N3O6/c1-34-22-33-31-25(8-5-9-28(31)34)21-41-30-19-35(32(36)37)16-15-27(30)23-11-13-26(14-12-23)40-18-6-17-39-20-24-7-3-4-10-29(24)38-2/h3-5,7-14,22,27,30H,6,15-21H2,1-2H3,(H,36,37). The van der Waals surface area contributed by atoms with Gasteiger partial charge in [0.05, 0.1) is 63.5 Å². The number of piperidine rings is 1. The van der Waals surface area contributed by atoms with Crippen molar-refractivity contribution in [2.45, 2.75) is 38.1 Å². The average molecular weight is 560 g/mol. The molecule has 0 aliphatic carbocycles. The number of carboxylic acid groups (broad SMARTS) is 1. The molecule has 1 aliphatic heterocycles. The molecule has 0 bridgehead atoms. The third-order valence-electron chi connectivity index (χ3n) is 7.58. The lowest BCUT2D eigenvalue weighted by Crippen LogP contribution is -2.46. The van der Waals surface area contributed by atoms with Gasteiger partial charge in [-0.2, -0.15) is 0 Å². The molecule has 9 nitrogen and oxygen atoms in total. The van der Waals surface area contributed by atoms with Gasteiger partial charge in [-0.15, -0.1) is 0 Å². The molecule has 3 aromatic carbocycles. The average Bonchev–Trinajstić information content (AvgIpc) is 3.39. The number of nitrogens with zero attached hydrogens (tertiary/aromatic N) is 3. The molecule has 216 valence electrons. The van der Waals surface area contributed by atoms with Crippen molar-refractivity contribution in [2.75, 3.05) is 33.4 Å². The number of aromatic nitrogens is 2. The Labute approximate surface area is 240 Å². The molecule has 1 fully saturated rings. The highest BCUT2D eigenvalue weighted by molar-refractivity contribution is 5.78. The maximum absolute atomic E-state index is 11.7. The van der Waals surface area contributed by atoms with Crippen LogP contribution >= 0.6 is 0 Å². The van der Waals surface area contributed by atoms with Gasteiger partial charge in [-0.1, -0.05) is 42.5 Å². The fraction of sp³-hybridized carbons (Fsp3) is 0.375. The number of imidazole rings is 1. The molecule has 1 N–H and O–H groups in total. The number of hydrogen-bond donors (Lipinski definition) is 1. The summed E-state index contributed by atoms with van der Waals surface area (Å²) in [5.74, 6) is 1.70. The van der Waals surface area contributed by atoms with E-state index in [1.807, 2.05) is 66.2 Å². The van der Waals surface area contributed by atoms with Crippen LogP contribution in [0.3, 0.4) is 0 Å². The van der Waals surface area contributed by atoms with Gasteiger partial charge in [0.15, 0.2) is 0 Å². The van der Waals surface area contributed by atoms with Gasteiger partial charge in [0.25, 0.3) is 0 Å². The van der Waals surface area contributed by atoms with Crippen LogP contribution in [0.2, 0.25) is 0 Å². The predicted molar refractivity (Wildman–Crippen MR) is 155 cm³/mol. The Morgan fingerprint density at radius 1 is 1.00 bits per heavy atom. The maximum atomic E-state index is 11.7. The van der Waals surface area contributed by atoms with Crippen molar-refractivity contribution in [3.05, 3.63) is 89.7 Å². The number of aryl methyl sites for hydroxylation is 1. The fourth-order valence-corrected chi connectivity index (χ4v) is 5.34. The summed E-state index contributed by atoms with van der Waals surface area (Å²) in [7, 11) is 3.63. The van der Waals surface area contributed by atoms with Gasteiger partial charge in [-0.05, 0) is 36.2 Å². The van der Waals surface area contributed by atoms with Gasteiger partial charge in [-0.3, -0.25) is 0 Å². The Hall–Kier alpha value is -4.08. The lowest BCUT2D eigenvalue weighted by atomic mass is 9.87. The SMILES string of the molecule is COc1ccccc1COCCCOc1ccc(C2CCN(C(=O)O)CC2OCc2cccc3c2ncn3C)cc1. The lowest BCUT2D eigenvalue weighted by Gasteiger charge is -2.37. The number of benzene rings is 3. The predicted octanol–water partition coefficient (Wildman–Crippen LogP) is 5.62. The molecule has 2 heterocycles. The Kier molecular flexibility index (Phi) is 9.38. The molecule has 2 atom stereocenters. The Bertz CT molecular complexity index is 1440. The second kappa shape index (κ2) is 13.5. The zero-order chi connectivity index (χ0) is 28.6. The van der Waals surface area contributed by atoms with E-state index in [1.54, 1.807) is 13.4 Å². The summed E-state index contributed by atoms with van der Waals surface area (Å²) < 4.78 is 25.5. The minimum absolute atomic E-state index is 0.0750. The second-order valence-electron chi connectivity index (χ2n) is 10.2. The van der Waals surface area contributed by atoms with Crippen molar-refractivity contribution in [3.63, 3.8) is 0 Å². The number of methoxy groups -OCH3 is 1. The van der Waals surface area contributed by atoms with Gasteiger partial charge in [0.2, 0.25) is 0 Å². The Morgan fingerprint density at radius 3 is 2.61 bits per heavy atom. The molecule has 0 saturated carbocycles. The van der Waals surface area contributed by atoms with E-state index in [0.717, 1.165) is 45.6 Å². The minimum Gasteiger partial charge on any atom is -0.496 e. The molecule has 1 saturated heterocycles. The summed E-state index contributed by atoms with van der Waals surface area (Å²) >= 11 is 0. The van der Waals surface area contributed by atoms with E-state index in [0.29, 0.717) is 45.9 Å². The van der Waals surface area contributed by atoms with Crippen LogP contribution < -0.4 is 9.47 Å². The molecule has 0 radical (unpaired) electrons. The van der Waals surface area contributed by atoms with E-state index >= 15 is 0 Å². The third kappa shape index (κ3) is 6.99. The molecule has 1 aliphatic rings. The van der Waals surface area contributed by atoms with E-state index in [9.17, 15) is 9.90 Å². The van der Waals surface area contributed by atoms with Crippen LogP contribution in [0.5, 0.6) is 11.5 Å². The van der Waals surface area contributed by atoms with E-state index in [4.69, 9.17) is 18.9 Å². The van der Waals surface area contributed by atoms with Crippen molar-refractivity contribution >= 4 is 17.1 Å². The molecule has 1 amide bonds. The molecule has 4 aromatic rings. The number of fused-ring (bicyclic) bond motifs is 1. The maximum Gasteiger partial charge on any atom is 0.407 e. The number of para-hydroxylation sites is 2. The molecule has 5 rings (SSSR count). The summed E-state index contributed by atoms with van der Waals surface area (Å²) in [4.78, 5) is 17.7. The Balaban J connectivity index is 1.14. The van der Waals surface area contributed by atoms with Crippen LogP contribution in [-0.4, -0.2) is 65.2 Å². The van der Waals surface area contributed by atoms with E-state index in [1.165, 1.54) is 4.90 Å². The van der Waals surface area contributed by atoms with Crippen LogP contribution in [0.1, 0.15) is 35.4 Å². The van der Waals surface area contributed by atoms with Crippen LogP contribution in [0, 0.1) is 0 Å². The quantitative estimate of drug-likeness (QED) is 0.225. The lowest BCUT2D eigenvalue weighted by molar-refractivity contribution is -0.0196. The molecular formula is C32H37N3O6. The molecule has 2 unspecified atom stereocenters. The summed E-state index contributed by atoms with van der Waals surface area (Å²) in [5.41, 5.74) is 5.08. The highest BCUT2D eigenvalue weighted by Gasteiger charge is 2.33. The van der Waals surface area contributed by atoms with Gasteiger partial charge in [-0.25, -0.2) is 9.78 Å². The first-order valence-electron chi connectivity index (χ1n) is 13.9. The highest BCUT2D eigenvalue weighted by atomic mass is 16.5. The summed E-state index contributed by atoms with van der Waals surface area (Å²) in [6.45, 7) is 2.80. The van der Waals surface area contributed by atoms with Crippen LogP contribution in [0.25, 0.3) is 11.0 Å². The van der Waals surface area contributed by atoms with Crippen LogP contribution in [0.15, 0.2) is 73.1 Å². The Morgan fingerprint density at radius 2 is 1.80 bits per heavy atom. The highest BCUT2D eigenvalue weighted by Crippen LogP contribution is 2.33. The second-order valence-corrected chi connectivity index (χ2v) is 10.2. The number of likely N-dealkylation sites (tertiary alicyclic amines) is 1. The molecule has 41 heavy (non-hydrogen) atoms. The smallest absolute Gasteiger partial charge is 0.407 e. The van der Waals surface area contributed by atoms with Crippen molar-refractivity contribution in [2.24, 2.45) is 7.05 Å². The van der Waals surface area contributed by atoms with Crippen molar-refractivity contribution in [1.29, 1.82) is 0 Å². The van der Waals surface area contributed by atoms with Crippen molar-refractivity contribution in [3.8, 4) is 11.5 Å². The molecule has 9 heteroatoms. The fourth-order valence-electron chi connectivity index (χ4n) is 5.34. The molecule has 0 spiro atoms. The third-order valence-corrected chi connectivity index (χ3v) is 7.58. The van der Waals surface area contributed by atoms with Crippen LogP contribution in [0.4, 0.5) is 4.79 Å². The van der Waals surface area contributed by atoms with Crippen LogP contribution in [-0.2, 0) is 29.7 Å². The van der Waals surface area contributed by atoms with Crippen molar-refractivity contribution < 1.29 is 28.8 Å². The molecular weight excluding hydrogens is 522 g/mol. The topological polar surface area (TPSA) is 95.3 Å². The van der Waals surface area contributed by atoms with Gasteiger partial charge in [0, 0.05) is 37.1 Å². The summed E-state index contributed by atoms with van der Waals surface area (Å²) in [5, 5.41) is 9.62. The first kappa shape index (κ1) is 28.4. The first-order valence-corrected chi connectivity index (χ1v) is 13.9. The van der Waals surface area contributed by atoms with E-state index < -0.39 is 6.09 Å². The number of amides is 1. The number of hydrogen-bond acceptors (Lipinski definition) is 6. The zero-order valence-corrected chi connectivity index (χ0v) is 23.6. The van der Waals surface area contributed by atoms with Crippen molar-refractivity contribution in [1.82, 2.24) is 14.5 Å². The van der Waals surface area contributed by atoms with E-state index in [-0.39, 0.29) is 12.0 Å². The first-order chi connectivity index (χ1) is 20.0. The van der Waals surface area contributed by atoms with Gasteiger partial charge < -0.3 is 33.5 Å². The molecule has 1 aromatic heterocycles. The van der Waals surface area contributed by atoms with Gasteiger partial charge >= 0.3 is 6.09 Å². The largest absolute Gasteiger partial charge is 0.496 e. The number of ether oxygens (including phenoxy) is 4. The normalized spacial score (nSPS) is 17.1. The summed E-state index contributed by atoms with van der Waals surface area (Å²) in [6, 6.07) is 21.9. The van der Waals surface area contributed by atoms with Gasteiger partial charge in [0.1, 0.15) is 11.5 Å². The number of rotatable bonds is 12. The van der Waals surface area contributed by atoms with E-state index in [2.05, 4.69) is 17.1 Å².